The van der Waals surface area contributed by atoms with Crippen LogP contribution in [0, 0.1) is 0 Å². The molecule has 0 atom stereocenters. The number of aromatic nitrogens is 1. The summed E-state index contributed by atoms with van der Waals surface area (Å²) < 4.78 is 5.39. The minimum atomic E-state index is 0.445. The van der Waals surface area contributed by atoms with E-state index in [0.717, 1.165) is 11.3 Å². The van der Waals surface area contributed by atoms with Crippen LogP contribution < -0.4 is 0 Å². The molecule has 0 spiro atoms. The Labute approximate surface area is 90.6 Å². The standard InChI is InChI=1S/C13H15NO/c1-11(2)7-8-12(3)15-10-13-6-4-5-9-14-13/h4-9H,1,3,10H2,2H3. The largest absolute Gasteiger partial charge is 0.488 e. The number of nitrogens with zero attached hydrogens (tertiary/aromatic N) is 1. The predicted molar refractivity (Wildman–Crippen MR) is 62.1 cm³/mol. The van der Waals surface area contributed by atoms with Gasteiger partial charge in [-0.25, -0.2) is 0 Å². The maximum absolute atomic E-state index is 5.39. The number of hydrogen-bond acceptors (Lipinski definition) is 2. The summed E-state index contributed by atoms with van der Waals surface area (Å²) in [6, 6.07) is 5.72. The lowest BCUT2D eigenvalue weighted by Crippen LogP contribution is -1.93. The molecule has 1 heterocycles. The fourth-order valence-electron chi connectivity index (χ4n) is 0.933. The van der Waals surface area contributed by atoms with E-state index in [2.05, 4.69) is 18.1 Å². The number of ether oxygens (including phenoxy) is 1. The number of rotatable bonds is 5. The molecular formula is C13H15NO. The van der Waals surface area contributed by atoms with Crippen molar-refractivity contribution in [3.8, 4) is 0 Å². The van der Waals surface area contributed by atoms with Crippen molar-refractivity contribution in [3.63, 3.8) is 0 Å². The Morgan fingerprint density at radius 1 is 1.40 bits per heavy atom. The van der Waals surface area contributed by atoms with Crippen LogP contribution >= 0.6 is 0 Å². The summed E-state index contributed by atoms with van der Waals surface area (Å²) in [4.78, 5) is 4.14. The summed E-state index contributed by atoms with van der Waals surface area (Å²) in [5.41, 5.74) is 1.86. The van der Waals surface area contributed by atoms with Crippen molar-refractivity contribution in [2.45, 2.75) is 13.5 Å². The molecule has 1 rings (SSSR count). The number of pyridine rings is 1. The third kappa shape index (κ3) is 4.81. The molecule has 0 aromatic carbocycles. The van der Waals surface area contributed by atoms with Gasteiger partial charge in [-0.15, -0.1) is 0 Å². The van der Waals surface area contributed by atoms with Crippen LogP contribution in [0.3, 0.4) is 0 Å². The van der Waals surface area contributed by atoms with E-state index in [-0.39, 0.29) is 0 Å². The van der Waals surface area contributed by atoms with Gasteiger partial charge in [-0.2, -0.15) is 0 Å². The molecule has 1 aromatic rings. The zero-order chi connectivity index (χ0) is 11.1. The molecule has 1 aromatic heterocycles. The summed E-state index contributed by atoms with van der Waals surface area (Å²) in [5.74, 6) is 0.614. The third-order valence-electron chi connectivity index (χ3n) is 1.69. The van der Waals surface area contributed by atoms with Crippen molar-refractivity contribution in [1.29, 1.82) is 0 Å². The van der Waals surface area contributed by atoms with E-state index in [1.165, 1.54) is 0 Å². The van der Waals surface area contributed by atoms with Gasteiger partial charge in [-0.1, -0.05) is 30.9 Å². The zero-order valence-corrected chi connectivity index (χ0v) is 8.94. The molecule has 0 saturated carbocycles. The van der Waals surface area contributed by atoms with Gasteiger partial charge in [0, 0.05) is 6.20 Å². The maximum atomic E-state index is 5.39. The van der Waals surface area contributed by atoms with Gasteiger partial charge in [0.25, 0.3) is 0 Å². The fraction of sp³-hybridized carbons (Fsp3) is 0.154. The molecule has 78 valence electrons. The monoisotopic (exact) mass is 201 g/mol. The Kier molecular flexibility index (Phi) is 4.35. The van der Waals surface area contributed by atoms with Gasteiger partial charge in [0.05, 0.1) is 5.69 Å². The maximum Gasteiger partial charge on any atom is 0.130 e. The second-order valence-electron chi connectivity index (χ2n) is 3.26. The van der Waals surface area contributed by atoms with Crippen molar-refractivity contribution < 1.29 is 4.74 Å². The molecule has 15 heavy (non-hydrogen) atoms. The lowest BCUT2D eigenvalue weighted by Gasteiger charge is -2.04. The quantitative estimate of drug-likeness (QED) is 0.539. The highest BCUT2D eigenvalue weighted by atomic mass is 16.5. The molecule has 0 aliphatic carbocycles. The van der Waals surface area contributed by atoms with Crippen LogP contribution in [0.25, 0.3) is 0 Å². The smallest absolute Gasteiger partial charge is 0.130 e. The minimum Gasteiger partial charge on any atom is -0.488 e. The normalized spacial score (nSPS) is 10.2. The lowest BCUT2D eigenvalue weighted by atomic mass is 10.3. The van der Waals surface area contributed by atoms with E-state index in [1.807, 2.05) is 31.2 Å². The minimum absolute atomic E-state index is 0.445. The van der Waals surface area contributed by atoms with Crippen LogP contribution in [-0.4, -0.2) is 4.98 Å². The van der Waals surface area contributed by atoms with Gasteiger partial charge < -0.3 is 4.74 Å². The van der Waals surface area contributed by atoms with Crippen molar-refractivity contribution in [3.05, 3.63) is 66.7 Å². The molecule has 0 radical (unpaired) electrons. The van der Waals surface area contributed by atoms with Gasteiger partial charge in [0.15, 0.2) is 0 Å². The van der Waals surface area contributed by atoms with Crippen LogP contribution in [0.2, 0.25) is 0 Å². The number of allylic oxidation sites excluding steroid dienone is 3. The SMILES string of the molecule is C=C(C)C=CC(=C)OCc1ccccn1. The van der Waals surface area contributed by atoms with Gasteiger partial charge in [0.2, 0.25) is 0 Å². The van der Waals surface area contributed by atoms with Gasteiger partial charge in [-0.05, 0) is 25.1 Å². The van der Waals surface area contributed by atoms with Crippen LogP contribution in [0.1, 0.15) is 12.6 Å². The molecule has 2 heteroatoms. The molecule has 0 amide bonds. The average molecular weight is 201 g/mol. The van der Waals surface area contributed by atoms with Crippen LogP contribution in [0.5, 0.6) is 0 Å². The van der Waals surface area contributed by atoms with Crippen LogP contribution in [0.4, 0.5) is 0 Å². The third-order valence-corrected chi connectivity index (χ3v) is 1.69. The first-order valence-electron chi connectivity index (χ1n) is 4.73. The average Bonchev–Trinajstić information content (AvgIpc) is 2.25. The van der Waals surface area contributed by atoms with Crippen molar-refractivity contribution in [1.82, 2.24) is 4.98 Å². The molecule has 0 bridgehead atoms. The molecule has 0 aliphatic rings. The van der Waals surface area contributed by atoms with E-state index < -0.39 is 0 Å². The fourth-order valence-corrected chi connectivity index (χ4v) is 0.933. The highest BCUT2D eigenvalue weighted by molar-refractivity contribution is 5.19. The molecule has 0 unspecified atom stereocenters. The van der Waals surface area contributed by atoms with E-state index >= 15 is 0 Å². The Morgan fingerprint density at radius 2 is 2.20 bits per heavy atom. The second kappa shape index (κ2) is 5.81. The predicted octanol–water partition coefficient (Wildman–Crippen LogP) is 3.24. The van der Waals surface area contributed by atoms with Gasteiger partial charge in [0.1, 0.15) is 12.4 Å². The number of hydrogen-bond donors (Lipinski definition) is 0. The summed E-state index contributed by atoms with van der Waals surface area (Å²) in [6.45, 7) is 9.88. The Balaban J connectivity index is 2.38. The van der Waals surface area contributed by atoms with E-state index in [4.69, 9.17) is 4.74 Å². The molecule has 0 fully saturated rings. The summed E-state index contributed by atoms with van der Waals surface area (Å²) in [6.07, 6.45) is 5.40. The highest BCUT2D eigenvalue weighted by Crippen LogP contribution is 2.04. The summed E-state index contributed by atoms with van der Waals surface area (Å²) in [5, 5.41) is 0. The molecule has 0 N–H and O–H groups in total. The van der Waals surface area contributed by atoms with Gasteiger partial charge >= 0.3 is 0 Å². The molecule has 0 aliphatic heterocycles. The summed E-state index contributed by atoms with van der Waals surface area (Å²) >= 11 is 0. The van der Waals surface area contributed by atoms with Crippen molar-refractivity contribution >= 4 is 0 Å². The van der Waals surface area contributed by atoms with E-state index in [9.17, 15) is 0 Å². The van der Waals surface area contributed by atoms with Crippen LogP contribution in [0.15, 0.2) is 61.0 Å². The van der Waals surface area contributed by atoms with Gasteiger partial charge in [-0.3, -0.25) is 4.98 Å². The Hall–Kier alpha value is -1.83. The van der Waals surface area contributed by atoms with Crippen LogP contribution in [-0.2, 0) is 11.3 Å². The second-order valence-corrected chi connectivity index (χ2v) is 3.26. The van der Waals surface area contributed by atoms with E-state index in [0.29, 0.717) is 12.4 Å². The topological polar surface area (TPSA) is 22.1 Å². The molecular weight excluding hydrogens is 186 g/mol. The highest BCUT2D eigenvalue weighted by Gasteiger charge is 1.93. The Bertz CT molecular complexity index is 365. The first-order valence-corrected chi connectivity index (χ1v) is 4.73. The van der Waals surface area contributed by atoms with E-state index in [1.54, 1.807) is 12.3 Å². The first-order chi connectivity index (χ1) is 7.18. The Morgan fingerprint density at radius 3 is 2.80 bits per heavy atom. The lowest BCUT2D eigenvalue weighted by molar-refractivity contribution is 0.209. The zero-order valence-electron chi connectivity index (χ0n) is 8.94. The first kappa shape index (κ1) is 11.2. The summed E-state index contributed by atoms with van der Waals surface area (Å²) in [7, 11) is 0. The molecule has 0 saturated heterocycles. The molecule has 2 nitrogen and oxygen atoms in total. The van der Waals surface area contributed by atoms with Crippen molar-refractivity contribution in [2.24, 2.45) is 0 Å². The van der Waals surface area contributed by atoms with Crippen molar-refractivity contribution in [2.75, 3.05) is 0 Å².